The minimum Gasteiger partial charge on any atom is -0.469 e. The number of carbonyl (C=O) groups excluding carboxylic acids is 1. The topological polar surface area (TPSA) is 48.1 Å². The van der Waals surface area contributed by atoms with Gasteiger partial charge in [-0.15, -0.1) is 0 Å². The fourth-order valence-corrected chi connectivity index (χ4v) is 2.34. The molecule has 0 aromatic heterocycles. The van der Waals surface area contributed by atoms with E-state index in [1.165, 1.54) is 7.11 Å². The highest BCUT2D eigenvalue weighted by atomic mass is 16.7. The first-order chi connectivity index (χ1) is 5.81. The largest absolute Gasteiger partial charge is 0.469 e. The Kier molecular flexibility index (Phi) is 1.14. The number of carbonyl (C=O) groups is 1. The van der Waals surface area contributed by atoms with Crippen LogP contribution in [-0.4, -0.2) is 37.5 Å². The van der Waals surface area contributed by atoms with Crippen molar-refractivity contribution >= 4 is 5.97 Å². The molecule has 0 radical (unpaired) electrons. The molecule has 0 N–H and O–H groups in total. The minimum absolute atomic E-state index is 0.0209. The van der Waals surface area contributed by atoms with E-state index in [4.69, 9.17) is 9.47 Å². The van der Waals surface area contributed by atoms with Crippen LogP contribution in [0.25, 0.3) is 0 Å². The Labute approximate surface area is 69.8 Å². The Morgan fingerprint density at radius 1 is 1.33 bits per heavy atom. The highest BCUT2D eigenvalue weighted by Gasteiger charge is 2.66. The third kappa shape index (κ3) is 0.671. The summed E-state index contributed by atoms with van der Waals surface area (Å²) in [5.41, 5.74) is 0. The molecule has 5 atom stereocenters. The van der Waals surface area contributed by atoms with Crippen LogP contribution in [0, 0.1) is 5.92 Å². The van der Waals surface area contributed by atoms with Crippen LogP contribution < -0.4 is 0 Å². The molecule has 3 fully saturated rings. The second-order valence-electron chi connectivity index (χ2n) is 3.57. The van der Waals surface area contributed by atoms with E-state index >= 15 is 0 Å². The molecule has 12 heavy (non-hydrogen) atoms. The molecule has 0 aliphatic carbocycles. The molecule has 0 aromatic carbocycles. The normalized spacial score (nSPS) is 53.6. The Morgan fingerprint density at radius 2 is 2.17 bits per heavy atom. The number of esters is 1. The molecule has 0 aromatic rings. The SMILES string of the molecule is COC(=O)[C@@H]1C[C@H]2O[C@@H]1[C@H]1O[C@H]12. The fraction of sp³-hybridized carbons (Fsp3) is 0.875. The summed E-state index contributed by atoms with van der Waals surface area (Å²) in [7, 11) is 1.42. The zero-order chi connectivity index (χ0) is 8.29. The van der Waals surface area contributed by atoms with Crippen molar-refractivity contribution in [1.82, 2.24) is 0 Å². The highest BCUT2D eigenvalue weighted by Crippen LogP contribution is 2.51. The summed E-state index contributed by atoms with van der Waals surface area (Å²) in [5, 5.41) is 0. The van der Waals surface area contributed by atoms with Gasteiger partial charge in [0.2, 0.25) is 0 Å². The Bertz CT molecular complexity index is 239. The van der Waals surface area contributed by atoms with Crippen molar-refractivity contribution in [2.75, 3.05) is 7.11 Å². The molecule has 3 aliphatic heterocycles. The quantitative estimate of drug-likeness (QED) is 0.401. The average molecular weight is 170 g/mol. The van der Waals surface area contributed by atoms with E-state index in [2.05, 4.69) is 4.74 Å². The number of fused-ring (bicyclic) bond motifs is 5. The number of hydrogen-bond donors (Lipinski definition) is 0. The van der Waals surface area contributed by atoms with Crippen LogP contribution in [0.15, 0.2) is 0 Å². The van der Waals surface area contributed by atoms with Crippen LogP contribution in [0.5, 0.6) is 0 Å². The summed E-state index contributed by atoms with van der Waals surface area (Å²) in [6, 6.07) is 0. The van der Waals surface area contributed by atoms with Gasteiger partial charge in [0.25, 0.3) is 0 Å². The minimum atomic E-state index is -0.156. The maximum absolute atomic E-state index is 11.2. The molecule has 0 amide bonds. The Morgan fingerprint density at radius 3 is 2.75 bits per heavy atom. The fourth-order valence-electron chi connectivity index (χ4n) is 2.34. The molecule has 3 saturated heterocycles. The second-order valence-corrected chi connectivity index (χ2v) is 3.57. The van der Waals surface area contributed by atoms with E-state index in [1.54, 1.807) is 0 Å². The Balaban J connectivity index is 1.80. The van der Waals surface area contributed by atoms with Crippen molar-refractivity contribution < 1.29 is 19.0 Å². The molecule has 0 saturated carbocycles. The zero-order valence-electron chi connectivity index (χ0n) is 6.73. The van der Waals surface area contributed by atoms with Crippen molar-refractivity contribution in [3.63, 3.8) is 0 Å². The standard InChI is InChI=1S/C8H10O4/c1-10-8(9)3-2-4-6-7(12-6)5(3)11-4/h3-7H,2H2,1H3/t3-,4-,5+,6+,7-/m1/s1. The van der Waals surface area contributed by atoms with Gasteiger partial charge in [-0.1, -0.05) is 0 Å². The molecule has 3 rings (SSSR count). The van der Waals surface area contributed by atoms with Gasteiger partial charge in [0.05, 0.1) is 19.1 Å². The average Bonchev–Trinajstić information content (AvgIpc) is 2.71. The first-order valence-electron chi connectivity index (χ1n) is 4.20. The molecule has 0 unspecified atom stereocenters. The summed E-state index contributed by atoms with van der Waals surface area (Å²) in [6.07, 6.45) is 1.39. The predicted octanol–water partition coefficient (Wildman–Crippen LogP) is -0.286. The van der Waals surface area contributed by atoms with E-state index < -0.39 is 0 Å². The molecular formula is C8H10O4. The lowest BCUT2D eigenvalue weighted by atomic mass is 9.89. The van der Waals surface area contributed by atoms with E-state index in [1.807, 2.05) is 0 Å². The van der Waals surface area contributed by atoms with Crippen LogP contribution in [0.3, 0.4) is 0 Å². The summed E-state index contributed by atoms with van der Waals surface area (Å²) >= 11 is 0. The molecule has 2 bridgehead atoms. The van der Waals surface area contributed by atoms with E-state index in [9.17, 15) is 4.79 Å². The van der Waals surface area contributed by atoms with Gasteiger partial charge in [-0.05, 0) is 6.42 Å². The van der Waals surface area contributed by atoms with Gasteiger partial charge in [-0.2, -0.15) is 0 Å². The van der Waals surface area contributed by atoms with Crippen LogP contribution in [0.4, 0.5) is 0 Å². The van der Waals surface area contributed by atoms with Gasteiger partial charge in [-0.25, -0.2) is 0 Å². The lowest BCUT2D eigenvalue weighted by molar-refractivity contribution is -0.147. The van der Waals surface area contributed by atoms with Gasteiger partial charge in [-0.3, -0.25) is 4.79 Å². The highest BCUT2D eigenvalue weighted by molar-refractivity contribution is 5.74. The number of methoxy groups -OCH3 is 1. The lowest BCUT2D eigenvalue weighted by Crippen LogP contribution is -2.31. The number of rotatable bonds is 1. The van der Waals surface area contributed by atoms with E-state index in [-0.39, 0.29) is 36.3 Å². The summed E-state index contributed by atoms with van der Waals surface area (Å²) in [4.78, 5) is 11.2. The van der Waals surface area contributed by atoms with Crippen molar-refractivity contribution in [2.24, 2.45) is 5.92 Å². The van der Waals surface area contributed by atoms with Crippen molar-refractivity contribution in [3.8, 4) is 0 Å². The third-order valence-electron chi connectivity index (χ3n) is 2.97. The molecule has 3 heterocycles. The molecule has 0 spiro atoms. The van der Waals surface area contributed by atoms with Gasteiger partial charge in [0.1, 0.15) is 18.3 Å². The molecule has 3 aliphatic rings. The summed E-state index contributed by atoms with van der Waals surface area (Å²) in [5.74, 6) is -0.236. The second kappa shape index (κ2) is 2.00. The maximum Gasteiger partial charge on any atom is 0.311 e. The first-order valence-corrected chi connectivity index (χ1v) is 4.20. The molecule has 66 valence electrons. The molecular weight excluding hydrogens is 160 g/mol. The molecule has 4 heteroatoms. The van der Waals surface area contributed by atoms with Crippen LogP contribution in [-0.2, 0) is 19.0 Å². The smallest absolute Gasteiger partial charge is 0.311 e. The summed E-state index contributed by atoms with van der Waals surface area (Å²) < 4.78 is 15.6. The number of epoxide rings is 1. The Hall–Kier alpha value is -0.610. The lowest BCUT2D eigenvalue weighted by Gasteiger charge is -2.13. The van der Waals surface area contributed by atoms with Crippen LogP contribution in [0.1, 0.15) is 6.42 Å². The summed E-state index contributed by atoms with van der Waals surface area (Å²) in [6.45, 7) is 0. The van der Waals surface area contributed by atoms with Crippen molar-refractivity contribution in [2.45, 2.75) is 30.8 Å². The monoisotopic (exact) mass is 170 g/mol. The van der Waals surface area contributed by atoms with Gasteiger partial charge < -0.3 is 14.2 Å². The van der Waals surface area contributed by atoms with Crippen molar-refractivity contribution in [3.05, 3.63) is 0 Å². The van der Waals surface area contributed by atoms with Gasteiger partial charge in [0, 0.05) is 0 Å². The van der Waals surface area contributed by atoms with E-state index in [0.717, 1.165) is 6.42 Å². The predicted molar refractivity (Wildman–Crippen MR) is 37.4 cm³/mol. The van der Waals surface area contributed by atoms with E-state index in [0.29, 0.717) is 0 Å². The van der Waals surface area contributed by atoms with Crippen molar-refractivity contribution in [1.29, 1.82) is 0 Å². The maximum atomic E-state index is 11.2. The first kappa shape index (κ1) is 6.86. The van der Waals surface area contributed by atoms with Crippen LogP contribution >= 0.6 is 0 Å². The number of ether oxygens (including phenoxy) is 3. The van der Waals surface area contributed by atoms with Gasteiger partial charge in [0.15, 0.2) is 0 Å². The van der Waals surface area contributed by atoms with Crippen LogP contribution in [0.2, 0.25) is 0 Å². The molecule has 4 nitrogen and oxygen atoms in total. The third-order valence-corrected chi connectivity index (χ3v) is 2.97. The zero-order valence-corrected chi connectivity index (χ0v) is 6.73. The number of hydrogen-bond acceptors (Lipinski definition) is 4. The van der Waals surface area contributed by atoms with Gasteiger partial charge >= 0.3 is 5.97 Å².